The molecule has 1 heterocycles. The second-order valence-electron chi connectivity index (χ2n) is 5.21. The first-order valence-electron chi connectivity index (χ1n) is 7.28. The smallest absolute Gasteiger partial charge is 0.335 e. The van der Waals surface area contributed by atoms with E-state index in [4.69, 9.17) is 5.11 Å². The summed E-state index contributed by atoms with van der Waals surface area (Å²) in [6.07, 6.45) is 5.03. The zero-order valence-electron chi connectivity index (χ0n) is 12.4. The highest BCUT2D eigenvalue weighted by atomic mass is 16.4. The van der Waals surface area contributed by atoms with Crippen molar-refractivity contribution in [2.75, 3.05) is 0 Å². The highest BCUT2D eigenvalue weighted by Crippen LogP contribution is 2.23. The van der Waals surface area contributed by atoms with E-state index in [9.17, 15) is 4.79 Å². The Morgan fingerprint density at radius 1 is 1.05 bits per heavy atom. The third-order valence-corrected chi connectivity index (χ3v) is 3.78. The fourth-order valence-electron chi connectivity index (χ4n) is 2.46. The predicted molar refractivity (Wildman–Crippen MR) is 87.5 cm³/mol. The molecule has 3 aromatic rings. The van der Waals surface area contributed by atoms with Gasteiger partial charge in [-0.1, -0.05) is 31.2 Å². The summed E-state index contributed by atoms with van der Waals surface area (Å²) in [5.41, 5.74) is 4.62. The van der Waals surface area contributed by atoms with Crippen LogP contribution in [0, 0.1) is 0 Å². The van der Waals surface area contributed by atoms with E-state index >= 15 is 0 Å². The fraction of sp³-hybridized carbons (Fsp3) is 0.105. The number of aromatic nitrogens is 1. The first-order chi connectivity index (χ1) is 10.7. The molecule has 0 aliphatic carbocycles. The monoisotopic (exact) mass is 291 g/mol. The minimum Gasteiger partial charge on any atom is -0.478 e. The molecule has 0 unspecified atom stereocenters. The lowest BCUT2D eigenvalue weighted by atomic mass is 10.1. The van der Waals surface area contributed by atoms with Crippen molar-refractivity contribution in [1.29, 1.82) is 0 Å². The molecule has 0 bridgehead atoms. The van der Waals surface area contributed by atoms with Crippen LogP contribution in [0.5, 0.6) is 0 Å². The van der Waals surface area contributed by atoms with Gasteiger partial charge in [-0.15, -0.1) is 0 Å². The van der Waals surface area contributed by atoms with Crippen LogP contribution in [0.4, 0.5) is 0 Å². The van der Waals surface area contributed by atoms with Crippen LogP contribution in [0.25, 0.3) is 16.8 Å². The number of hydrogen-bond donors (Lipinski definition) is 1. The molecule has 0 aliphatic rings. The van der Waals surface area contributed by atoms with E-state index in [-0.39, 0.29) is 0 Å². The van der Waals surface area contributed by atoms with Gasteiger partial charge in [0.25, 0.3) is 0 Å². The standard InChI is InChI=1S/C19H17NO2/c1-2-14-6-8-18(9-7-14)20-11-10-17(13-20)15-4-3-5-16(12-15)19(21)22/h3-13H,2H2,1H3,(H,21,22). The number of rotatable bonds is 4. The molecule has 3 rings (SSSR count). The summed E-state index contributed by atoms with van der Waals surface area (Å²) in [5.74, 6) is -0.906. The third kappa shape index (κ3) is 2.79. The van der Waals surface area contributed by atoms with Gasteiger partial charge in [-0.25, -0.2) is 4.79 Å². The van der Waals surface area contributed by atoms with Gasteiger partial charge >= 0.3 is 5.97 Å². The first-order valence-corrected chi connectivity index (χ1v) is 7.28. The minimum absolute atomic E-state index is 0.303. The van der Waals surface area contributed by atoms with Crippen molar-refractivity contribution in [3.05, 3.63) is 78.1 Å². The number of aryl methyl sites for hydroxylation is 1. The second-order valence-corrected chi connectivity index (χ2v) is 5.21. The van der Waals surface area contributed by atoms with Crippen molar-refractivity contribution in [1.82, 2.24) is 4.57 Å². The van der Waals surface area contributed by atoms with Crippen LogP contribution >= 0.6 is 0 Å². The number of carboxylic acids is 1. The maximum atomic E-state index is 11.1. The van der Waals surface area contributed by atoms with Crippen LogP contribution in [-0.2, 0) is 6.42 Å². The zero-order chi connectivity index (χ0) is 15.5. The third-order valence-electron chi connectivity index (χ3n) is 3.78. The summed E-state index contributed by atoms with van der Waals surface area (Å²) in [4.78, 5) is 11.1. The Balaban J connectivity index is 1.93. The van der Waals surface area contributed by atoms with Crippen LogP contribution in [0.1, 0.15) is 22.8 Å². The summed E-state index contributed by atoms with van der Waals surface area (Å²) >= 11 is 0. The van der Waals surface area contributed by atoms with Crippen molar-refractivity contribution in [2.45, 2.75) is 13.3 Å². The van der Waals surface area contributed by atoms with Gasteiger partial charge in [0, 0.05) is 18.1 Å². The summed E-state index contributed by atoms with van der Waals surface area (Å²) in [5, 5.41) is 9.08. The summed E-state index contributed by atoms with van der Waals surface area (Å²) in [7, 11) is 0. The van der Waals surface area contributed by atoms with Gasteiger partial charge in [0.2, 0.25) is 0 Å². The summed E-state index contributed by atoms with van der Waals surface area (Å²) < 4.78 is 2.04. The molecule has 110 valence electrons. The highest BCUT2D eigenvalue weighted by Gasteiger charge is 2.06. The van der Waals surface area contributed by atoms with E-state index in [1.165, 1.54) is 5.56 Å². The normalized spacial score (nSPS) is 10.6. The molecule has 1 aromatic heterocycles. The Morgan fingerprint density at radius 3 is 2.50 bits per heavy atom. The van der Waals surface area contributed by atoms with Crippen LogP contribution < -0.4 is 0 Å². The van der Waals surface area contributed by atoms with E-state index in [1.807, 2.05) is 29.1 Å². The molecule has 3 nitrogen and oxygen atoms in total. The zero-order valence-corrected chi connectivity index (χ0v) is 12.4. The lowest BCUT2D eigenvalue weighted by Gasteiger charge is -2.04. The van der Waals surface area contributed by atoms with E-state index in [0.717, 1.165) is 23.2 Å². The lowest BCUT2D eigenvalue weighted by molar-refractivity contribution is 0.0697. The van der Waals surface area contributed by atoms with Gasteiger partial charge in [-0.2, -0.15) is 0 Å². The van der Waals surface area contributed by atoms with Gasteiger partial charge in [0.05, 0.1) is 5.56 Å². The predicted octanol–water partition coefficient (Wildman–Crippen LogP) is 4.40. The van der Waals surface area contributed by atoms with Gasteiger partial charge in [0.15, 0.2) is 0 Å². The Kier molecular flexibility index (Phi) is 3.79. The molecule has 0 radical (unpaired) electrons. The van der Waals surface area contributed by atoms with Gasteiger partial charge < -0.3 is 9.67 Å². The van der Waals surface area contributed by atoms with Gasteiger partial charge in [0.1, 0.15) is 0 Å². The van der Waals surface area contributed by atoms with E-state index in [1.54, 1.807) is 18.2 Å². The molecule has 0 fully saturated rings. The Labute approximate surface area is 129 Å². The van der Waals surface area contributed by atoms with Crippen LogP contribution in [0.2, 0.25) is 0 Å². The Bertz CT molecular complexity index is 800. The number of hydrogen-bond acceptors (Lipinski definition) is 1. The highest BCUT2D eigenvalue weighted by molar-refractivity contribution is 5.89. The first kappa shape index (κ1) is 14.1. The van der Waals surface area contributed by atoms with Gasteiger partial charge in [-0.3, -0.25) is 0 Å². The second kappa shape index (κ2) is 5.90. The topological polar surface area (TPSA) is 42.2 Å². The SMILES string of the molecule is CCc1ccc(-n2ccc(-c3cccc(C(=O)O)c3)c2)cc1. The summed E-state index contributed by atoms with van der Waals surface area (Å²) in [6.45, 7) is 2.14. The van der Waals surface area contributed by atoms with Crippen molar-refractivity contribution in [3.8, 4) is 16.8 Å². The molecule has 0 saturated carbocycles. The van der Waals surface area contributed by atoms with Crippen LogP contribution in [0.3, 0.4) is 0 Å². The summed E-state index contributed by atoms with van der Waals surface area (Å²) in [6, 6.07) is 17.4. The number of carboxylic acid groups (broad SMARTS) is 1. The van der Waals surface area contributed by atoms with Gasteiger partial charge in [-0.05, 0) is 53.4 Å². The molecule has 1 N–H and O–H groups in total. The molecule has 3 heteroatoms. The molecular formula is C19H17NO2. The van der Waals surface area contributed by atoms with Crippen molar-refractivity contribution < 1.29 is 9.90 Å². The number of aromatic carboxylic acids is 1. The van der Waals surface area contributed by atoms with Crippen molar-refractivity contribution in [2.24, 2.45) is 0 Å². The lowest BCUT2D eigenvalue weighted by Crippen LogP contribution is -1.95. The molecule has 2 aromatic carbocycles. The van der Waals surface area contributed by atoms with E-state index in [2.05, 4.69) is 31.2 Å². The van der Waals surface area contributed by atoms with Crippen molar-refractivity contribution >= 4 is 5.97 Å². The molecule has 0 spiro atoms. The minimum atomic E-state index is -0.906. The molecule has 0 amide bonds. The fourth-order valence-corrected chi connectivity index (χ4v) is 2.46. The molecule has 22 heavy (non-hydrogen) atoms. The van der Waals surface area contributed by atoms with Crippen molar-refractivity contribution in [3.63, 3.8) is 0 Å². The van der Waals surface area contributed by atoms with E-state index in [0.29, 0.717) is 5.56 Å². The quantitative estimate of drug-likeness (QED) is 0.774. The number of nitrogens with zero attached hydrogens (tertiary/aromatic N) is 1. The van der Waals surface area contributed by atoms with Crippen LogP contribution in [0.15, 0.2) is 67.0 Å². The molecular weight excluding hydrogens is 274 g/mol. The molecule has 0 aliphatic heterocycles. The largest absolute Gasteiger partial charge is 0.478 e. The number of benzene rings is 2. The molecule has 0 atom stereocenters. The number of carbonyl (C=O) groups is 1. The Morgan fingerprint density at radius 2 is 1.82 bits per heavy atom. The maximum absolute atomic E-state index is 11.1. The van der Waals surface area contributed by atoms with E-state index < -0.39 is 5.97 Å². The van der Waals surface area contributed by atoms with Crippen LogP contribution in [-0.4, -0.2) is 15.6 Å². The average Bonchev–Trinajstić information content (AvgIpc) is 3.05. The maximum Gasteiger partial charge on any atom is 0.335 e. The molecule has 0 saturated heterocycles. The Hall–Kier alpha value is -2.81. The average molecular weight is 291 g/mol.